The summed E-state index contributed by atoms with van der Waals surface area (Å²) in [6.07, 6.45) is -4.59. The van der Waals surface area contributed by atoms with Gasteiger partial charge in [-0.2, -0.15) is 0 Å². The molecule has 0 aliphatic rings. The van der Waals surface area contributed by atoms with Crippen molar-refractivity contribution in [2.75, 3.05) is 0 Å². The maximum Gasteiger partial charge on any atom is 0.488 e. The molecular weight excluding hydrogens is 232 g/mol. The Bertz CT molecular complexity index is 365. The molecule has 1 unspecified atom stereocenters. The van der Waals surface area contributed by atoms with Crippen molar-refractivity contribution in [3.63, 3.8) is 0 Å². The predicted molar refractivity (Wildman–Crippen MR) is 59.9 cm³/mol. The first-order chi connectivity index (χ1) is 7.76. The van der Waals surface area contributed by atoms with Gasteiger partial charge in [0.1, 0.15) is 6.17 Å². The van der Waals surface area contributed by atoms with Crippen LogP contribution in [0.5, 0.6) is 0 Å². The fraction of sp³-hybridized carbons (Fsp3) is 0.455. The first-order valence-electron chi connectivity index (χ1n) is 5.15. The molecule has 0 saturated heterocycles. The minimum atomic E-state index is -2.78. The maximum atomic E-state index is 13.9. The first kappa shape index (κ1) is 14.1. The summed E-state index contributed by atoms with van der Waals surface area (Å²) in [7, 11) is -1.65. The number of hydrogen-bond donors (Lipinski definition) is 2. The molecule has 0 aromatic heterocycles. The topological polar surface area (TPSA) is 40.5 Å². The number of benzene rings is 1. The lowest BCUT2D eigenvalue weighted by atomic mass is 9.78. The van der Waals surface area contributed by atoms with Crippen LogP contribution in [0, 0.1) is 5.41 Å². The molecule has 0 amide bonds. The van der Waals surface area contributed by atoms with Crippen LogP contribution in [-0.2, 0) is 0 Å². The Morgan fingerprint density at radius 2 is 1.53 bits per heavy atom. The largest absolute Gasteiger partial charge is 0.488 e. The van der Waals surface area contributed by atoms with Crippen LogP contribution in [0.1, 0.15) is 25.6 Å². The van der Waals surface area contributed by atoms with Gasteiger partial charge in [-0.15, -0.1) is 0 Å². The third kappa shape index (κ3) is 3.01. The number of alkyl halides is 3. The van der Waals surface area contributed by atoms with Gasteiger partial charge in [0.15, 0.2) is 0 Å². The number of hydrogen-bond acceptors (Lipinski definition) is 2. The normalized spacial score (nSPS) is 13.9. The summed E-state index contributed by atoms with van der Waals surface area (Å²) in [5.41, 5.74) is -1.49. The predicted octanol–water partition coefficient (Wildman–Crippen LogP) is 1.67. The van der Waals surface area contributed by atoms with Gasteiger partial charge in [0.05, 0.1) is 5.41 Å². The SMILES string of the molecule is CC(C)(C(F)F)C(F)c1ccc(B(O)O)cc1. The second-order valence-electron chi connectivity index (χ2n) is 4.52. The summed E-state index contributed by atoms with van der Waals surface area (Å²) in [5, 5.41) is 17.7. The number of halogens is 3. The molecule has 1 aromatic rings. The quantitative estimate of drug-likeness (QED) is 0.793. The summed E-state index contributed by atoms with van der Waals surface area (Å²) in [6, 6.07) is 5.16. The molecule has 1 aromatic carbocycles. The molecule has 1 rings (SSSR count). The molecular formula is C11H14BF3O2. The molecule has 2 N–H and O–H groups in total. The van der Waals surface area contributed by atoms with E-state index in [2.05, 4.69) is 0 Å². The molecule has 0 bridgehead atoms. The van der Waals surface area contributed by atoms with Gasteiger partial charge in [0.2, 0.25) is 6.43 Å². The molecule has 0 fully saturated rings. The van der Waals surface area contributed by atoms with E-state index in [4.69, 9.17) is 10.0 Å². The lowest BCUT2D eigenvalue weighted by molar-refractivity contribution is -0.0353. The minimum absolute atomic E-state index is 0.0969. The van der Waals surface area contributed by atoms with E-state index in [0.717, 1.165) is 13.8 Å². The maximum absolute atomic E-state index is 13.9. The van der Waals surface area contributed by atoms with Crippen LogP contribution in [0.3, 0.4) is 0 Å². The van der Waals surface area contributed by atoms with Gasteiger partial charge in [-0.05, 0) is 11.0 Å². The molecule has 2 nitrogen and oxygen atoms in total. The molecule has 0 aliphatic carbocycles. The van der Waals surface area contributed by atoms with Gasteiger partial charge in [-0.25, -0.2) is 13.2 Å². The van der Waals surface area contributed by atoms with Gasteiger partial charge < -0.3 is 10.0 Å². The van der Waals surface area contributed by atoms with Crippen LogP contribution in [0.25, 0.3) is 0 Å². The average Bonchev–Trinajstić information content (AvgIpc) is 2.27. The summed E-state index contributed by atoms with van der Waals surface area (Å²) >= 11 is 0. The zero-order chi connectivity index (χ0) is 13.2. The molecule has 17 heavy (non-hydrogen) atoms. The van der Waals surface area contributed by atoms with E-state index in [9.17, 15) is 13.2 Å². The van der Waals surface area contributed by atoms with Crippen molar-refractivity contribution in [2.24, 2.45) is 5.41 Å². The van der Waals surface area contributed by atoms with Crippen molar-refractivity contribution in [1.82, 2.24) is 0 Å². The zero-order valence-corrected chi connectivity index (χ0v) is 9.57. The molecule has 6 heteroatoms. The molecule has 0 saturated carbocycles. The second kappa shape index (κ2) is 5.10. The Hall–Kier alpha value is -1.01. The summed E-state index contributed by atoms with van der Waals surface area (Å²) in [5.74, 6) is 0. The van der Waals surface area contributed by atoms with Gasteiger partial charge in [0.25, 0.3) is 0 Å². The first-order valence-corrected chi connectivity index (χ1v) is 5.15. The van der Waals surface area contributed by atoms with Crippen LogP contribution in [-0.4, -0.2) is 23.6 Å². The average molecular weight is 246 g/mol. The Labute approximate surface area is 98.2 Å². The third-order valence-corrected chi connectivity index (χ3v) is 2.74. The fourth-order valence-electron chi connectivity index (χ4n) is 1.38. The summed E-state index contributed by atoms with van der Waals surface area (Å²) < 4.78 is 39.2. The van der Waals surface area contributed by atoms with Crippen LogP contribution in [0.4, 0.5) is 13.2 Å². The third-order valence-electron chi connectivity index (χ3n) is 2.74. The van der Waals surface area contributed by atoms with Crippen LogP contribution >= 0.6 is 0 Å². The van der Waals surface area contributed by atoms with Gasteiger partial charge in [-0.1, -0.05) is 38.1 Å². The van der Waals surface area contributed by atoms with Crippen molar-refractivity contribution in [1.29, 1.82) is 0 Å². The fourth-order valence-corrected chi connectivity index (χ4v) is 1.38. The molecule has 0 spiro atoms. The minimum Gasteiger partial charge on any atom is -0.423 e. The van der Waals surface area contributed by atoms with Crippen molar-refractivity contribution < 1.29 is 23.2 Å². The van der Waals surface area contributed by atoms with Crippen molar-refractivity contribution in [3.05, 3.63) is 29.8 Å². The highest BCUT2D eigenvalue weighted by molar-refractivity contribution is 6.58. The monoisotopic (exact) mass is 246 g/mol. The summed E-state index contributed by atoms with van der Waals surface area (Å²) in [6.45, 7) is 2.30. The molecule has 94 valence electrons. The Balaban J connectivity index is 2.94. The highest BCUT2D eigenvalue weighted by Gasteiger charge is 2.39. The Kier molecular flexibility index (Phi) is 4.22. The van der Waals surface area contributed by atoms with Gasteiger partial charge in [-0.3, -0.25) is 0 Å². The van der Waals surface area contributed by atoms with E-state index in [1.165, 1.54) is 24.3 Å². The smallest absolute Gasteiger partial charge is 0.423 e. The van der Waals surface area contributed by atoms with Crippen LogP contribution < -0.4 is 5.46 Å². The standard InChI is InChI=1S/C11H14BF3O2/c1-11(2,10(14)15)9(13)7-3-5-8(6-4-7)12(16)17/h3-6,9-10,16-17H,1-2H3. The second-order valence-corrected chi connectivity index (χ2v) is 4.52. The number of rotatable bonds is 4. The highest BCUT2D eigenvalue weighted by Crippen LogP contribution is 2.41. The van der Waals surface area contributed by atoms with E-state index in [0.29, 0.717) is 0 Å². The van der Waals surface area contributed by atoms with E-state index < -0.39 is 25.1 Å². The van der Waals surface area contributed by atoms with Crippen molar-refractivity contribution in [3.8, 4) is 0 Å². The molecule has 1 atom stereocenters. The van der Waals surface area contributed by atoms with Crippen molar-refractivity contribution >= 4 is 12.6 Å². The molecule has 0 heterocycles. The van der Waals surface area contributed by atoms with Crippen LogP contribution in [0.2, 0.25) is 0 Å². The lowest BCUT2D eigenvalue weighted by Crippen LogP contribution is -2.31. The lowest BCUT2D eigenvalue weighted by Gasteiger charge is -2.28. The zero-order valence-electron chi connectivity index (χ0n) is 9.57. The van der Waals surface area contributed by atoms with Crippen molar-refractivity contribution in [2.45, 2.75) is 26.4 Å². The van der Waals surface area contributed by atoms with Gasteiger partial charge >= 0.3 is 7.12 Å². The Morgan fingerprint density at radius 3 is 1.88 bits per heavy atom. The summed E-state index contributed by atoms with van der Waals surface area (Å²) in [4.78, 5) is 0. The highest BCUT2D eigenvalue weighted by atomic mass is 19.3. The van der Waals surface area contributed by atoms with Gasteiger partial charge in [0, 0.05) is 0 Å². The van der Waals surface area contributed by atoms with E-state index in [1.807, 2.05) is 0 Å². The van der Waals surface area contributed by atoms with E-state index >= 15 is 0 Å². The van der Waals surface area contributed by atoms with E-state index in [-0.39, 0.29) is 11.0 Å². The van der Waals surface area contributed by atoms with Crippen LogP contribution in [0.15, 0.2) is 24.3 Å². The van der Waals surface area contributed by atoms with E-state index in [1.54, 1.807) is 0 Å². The Morgan fingerprint density at radius 1 is 1.06 bits per heavy atom. The molecule has 0 aliphatic heterocycles. The molecule has 0 radical (unpaired) electrons.